The monoisotopic (exact) mass is 447 g/mol. The van der Waals surface area contributed by atoms with Gasteiger partial charge in [-0.3, -0.25) is 9.69 Å². The molecular weight excluding hydrogens is 414 g/mol. The molecule has 1 aromatic heterocycles. The molecule has 0 bridgehead atoms. The van der Waals surface area contributed by atoms with Gasteiger partial charge in [-0.05, 0) is 70.5 Å². The number of amides is 1. The van der Waals surface area contributed by atoms with E-state index in [2.05, 4.69) is 58.2 Å². The Morgan fingerprint density at radius 3 is 2.52 bits per heavy atom. The number of anilines is 2. The topological polar surface area (TPSA) is 74.5 Å². The van der Waals surface area contributed by atoms with Crippen molar-refractivity contribution >= 4 is 17.3 Å². The van der Waals surface area contributed by atoms with Crippen molar-refractivity contribution in [2.75, 3.05) is 36.4 Å². The molecule has 0 unspecified atom stereocenters. The first-order valence-corrected chi connectivity index (χ1v) is 11.8. The third-order valence-corrected chi connectivity index (χ3v) is 6.41. The predicted octanol–water partition coefficient (Wildman–Crippen LogP) is 4.74. The van der Waals surface area contributed by atoms with Crippen molar-refractivity contribution in [1.82, 2.24) is 15.0 Å². The summed E-state index contributed by atoms with van der Waals surface area (Å²) in [5.41, 5.74) is 4.14. The molecule has 0 spiro atoms. The molecule has 2 heterocycles. The lowest BCUT2D eigenvalue weighted by molar-refractivity contribution is -0.121. The van der Waals surface area contributed by atoms with Gasteiger partial charge in [0.25, 0.3) is 0 Å². The van der Waals surface area contributed by atoms with Crippen molar-refractivity contribution in [3.8, 4) is 11.4 Å². The number of likely N-dealkylation sites (tertiary alicyclic amines) is 1. The van der Waals surface area contributed by atoms with Crippen molar-refractivity contribution in [3.05, 3.63) is 60.0 Å². The van der Waals surface area contributed by atoms with Gasteiger partial charge in [-0.2, -0.15) is 4.98 Å². The molecule has 0 aliphatic carbocycles. The molecule has 4 rings (SSSR count). The maximum atomic E-state index is 12.9. The number of rotatable bonds is 8. The number of aromatic nitrogens is 2. The Hall–Kier alpha value is -3.19. The highest BCUT2D eigenvalue weighted by molar-refractivity contribution is 5.93. The second kappa shape index (κ2) is 10.6. The molecule has 1 aliphatic heterocycles. The number of carbonyl (C=O) groups is 1. The van der Waals surface area contributed by atoms with E-state index in [0.717, 1.165) is 55.8 Å². The molecule has 2 aromatic carbocycles. The van der Waals surface area contributed by atoms with E-state index in [9.17, 15) is 4.79 Å². The van der Waals surface area contributed by atoms with Gasteiger partial charge in [0.05, 0.1) is 6.54 Å². The third kappa shape index (κ3) is 5.60. The summed E-state index contributed by atoms with van der Waals surface area (Å²) in [5.74, 6) is 1.35. The molecule has 7 nitrogen and oxygen atoms in total. The molecule has 7 heteroatoms. The van der Waals surface area contributed by atoms with E-state index in [1.54, 1.807) is 0 Å². The van der Waals surface area contributed by atoms with E-state index in [1.807, 2.05) is 36.4 Å². The highest BCUT2D eigenvalue weighted by Gasteiger charge is 2.26. The van der Waals surface area contributed by atoms with Gasteiger partial charge in [0.15, 0.2) is 0 Å². The summed E-state index contributed by atoms with van der Waals surface area (Å²) in [4.78, 5) is 22.0. The zero-order chi connectivity index (χ0) is 23.2. The van der Waals surface area contributed by atoms with Crippen LogP contribution in [0.4, 0.5) is 11.4 Å². The van der Waals surface area contributed by atoms with Crippen molar-refractivity contribution in [2.45, 2.75) is 40.2 Å². The standard InChI is InChI=1S/C26H33N5O2/c1-4-31(5-2)22-11-12-23(19(3)17-22)27-26(32)21-13-15-30(16-14-21)18-24-28-25(29-33-24)20-9-7-6-8-10-20/h6-12,17,21H,4-5,13-16,18H2,1-3H3,(H,27,32). The van der Waals surface area contributed by atoms with Crippen LogP contribution in [0.1, 0.15) is 38.1 Å². The lowest BCUT2D eigenvalue weighted by atomic mass is 9.95. The number of hydrogen-bond acceptors (Lipinski definition) is 6. The largest absolute Gasteiger partial charge is 0.372 e. The van der Waals surface area contributed by atoms with Crippen LogP contribution in [0.3, 0.4) is 0 Å². The minimum absolute atomic E-state index is 0.0191. The van der Waals surface area contributed by atoms with Gasteiger partial charge in [-0.25, -0.2) is 0 Å². The Morgan fingerprint density at radius 2 is 1.85 bits per heavy atom. The van der Waals surface area contributed by atoms with Crippen LogP contribution in [0.25, 0.3) is 11.4 Å². The van der Waals surface area contributed by atoms with E-state index in [1.165, 1.54) is 5.69 Å². The fraction of sp³-hybridized carbons (Fsp3) is 0.423. The Labute approximate surface area is 195 Å². The van der Waals surface area contributed by atoms with Crippen LogP contribution in [0.15, 0.2) is 53.1 Å². The number of nitrogens with one attached hydrogen (secondary N) is 1. The summed E-state index contributed by atoms with van der Waals surface area (Å²) in [5, 5.41) is 7.25. The predicted molar refractivity (Wildman–Crippen MR) is 131 cm³/mol. The van der Waals surface area contributed by atoms with Crippen LogP contribution in [0.5, 0.6) is 0 Å². The minimum Gasteiger partial charge on any atom is -0.372 e. The van der Waals surface area contributed by atoms with Gasteiger partial charge in [0.1, 0.15) is 0 Å². The molecule has 3 aromatic rings. The number of hydrogen-bond donors (Lipinski definition) is 1. The van der Waals surface area contributed by atoms with Crippen molar-refractivity contribution in [2.24, 2.45) is 5.92 Å². The number of carbonyl (C=O) groups excluding carboxylic acids is 1. The van der Waals surface area contributed by atoms with Crippen LogP contribution in [0, 0.1) is 12.8 Å². The molecule has 0 saturated carbocycles. The molecule has 1 fully saturated rings. The number of benzene rings is 2. The minimum atomic E-state index is 0.0191. The Balaban J connectivity index is 1.28. The number of nitrogens with zero attached hydrogens (tertiary/aromatic N) is 4. The van der Waals surface area contributed by atoms with Gasteiger partial charge in [0.2, 0.25) is 17.6 Å². The van der Waals surface area contributed by atoms with Gasteiger partial charge in [-0.15, -0.1) is 0 Å². The molecule has 0 atom stereocenters. The van der Waals surface area contributed by atoms with Gasteiger partial charge in [-0.1, -0.05) is 35.5 Å². The van der Waals surface area contributed by atoms with Crippen molar-refractivity contribution in [3.63, 3.8) is 0 Å². The molecule has 0 radical (unpaired) electrons. The van der Waals surface area contributed by atoms with Gasteiger partial charge >= 0.3 is 0 Å². The Kier molecular flexibility index (Phi) is 7.40. The summed E-state index contributed by atoms with van der Waals surface area (Å²) in [7, 11) is 0. The normalized spacial score (nSPS) is 14.9. The quantitative estimate of drug-likeness (QED) is 0.538. The molecule has 1 saturated heterocycles. The Morgan fingerprint density at radius 1 is 1.12 bits per heavy atom. The zero-order valence-corrected chi connectivity index (χ0v) is 19.8. The summed E-state index contributed by atoms with van der Waals surface area (Å²) >= 11 is 0. The average molecular weight is 448 g/mol. The summed E-state index contributed by atoms with van der Waals surface area (Å²) in [6.07, 6.45) is 1.64. The summed E-state index contributed by atoms with van der Waals surface area (Å²) in [6, 6.07) is 16.1. The van der Waals surface area contributed by atoms with Crippen LogP contribution in [-0.4, -0.2) is 47.1 Å². The fourth-order valence-corrected chi connectivity index (χ4v) is 4.38. The maximum absolute atomic E-state index is 12.9. The highest BCUT2D eigenvalue weighted by atomic mass is 16.5. The lowest BCUT2D eigenvalue weighted by Gasteiger charge is -2.30. The summed E-state index contributed by atoms with van der Waals surface area (Å²) in [6.45, 7) is 10.6. The lowest BCUT2D eigenvalue weighted by Crippen LogP contribution is -2.37. The molecule has 33 heavy (non-hydrogen) atoms. The van der Waals surface area contributed by atoms with Crippen molar-refractivity contribution < 1.29 is 9.32 Å². The van der Waals surface area contributed by atoms with Crippen LogP contribution < -0.4 is 10.2 Å². The van der Waals surface area contributed by atoms with E-state index in [-0.39, 0.29) is 11.8 Å². The fourth-order valence-electron chi connectivity index (χ4n) is 4.38. The average Bonchev–Trinajstić information content (AvgIpc) is 3.31. The van der Waals surface area contributed by atoms with E-state index in [4.69, 9.17) is 4.52 Å². The SMILES string of the molecule is CCN(CC)c1ccc(NC(=O)C2CCN(Cc3nc(-c4ccccc4)no3)CC2)c(C)c1. The van der Waals surface area contributed by atoms with E-state index >= 15 is 0 Å². The molecule has 174 valence electrons. The summed E-state index contributed by atoms with van der Waals surface area (Å²) < 4.78 is 5.45. The first kappa shape index (κ1) is 23.0. The smallest absolute Gasteiger partial charge is 0.241 e. The van der Waals surface area contributed by atoms with Gasteiger partial charge < -0.3 is 14.7 Å². The molecule has 1 amide bonds. The van der Waals surface area contributed by atoms with E-state index in [0.29, 0.717) is 18.3 Å². The molecule has 1 aliphatic rings. The van der Waals surface area contributed by atoms with Gasteiger partial charge in [0, 0.05) is 35.9 Å². The molecule has 1 N–H and O–H groups in total. The molecular formula is C26H33N5O2. The zero-order valence-electron chi connectivity index (χ0n) is 19.8. The third-order valence-electron chi connectivity index (χ3n) is 6.41. The second-order valence-corrected chi connectivity index (χ2v) is 8.59. The van der Waals surface area contributed by atoms with Crippen LogP contribution in [-0.2, 0) is 11.3 Å². The highest BCUT2D eigenvalue weighted by Crippen LogP contribution is 2.25. The number of piperidine rings is 1. The van der Waals surface area contributed by atoms with Crippen LogP contribution >= 0.6 is 0 Å². The second-order valence-electron chi connectivity index (χ2n) is 8.59. The van der Waals surface area contributed by atoms with E-state index < -0.39 is 0 Å². The van der Waals surface area contributed by atoms with Crippen LogP contribution in [0.2, 0.25) is 0 Å². The number of aryl methyl sites for hydroxylation is 1. The maximum Gasteiger partial charge on any atom is 0.241 e. The first-order valence-electron chi connectivity index (χ1n) is 11.8. The Bertz CT molecular complexity index is 1050. The first-order chi connectivity index (χ1) is 16.1. The van der Waals surface area contributed by atoms with Crippen molar-refractivity contribution in [1.29, 1.82) is 0 Å².